The molecular formula is C17H19FN2O3S. The van der Waals surface area contributed by atoms with Crippen molar-refractivity contribution in [3.8, 4) is 0 Å². The Hall–Kier alpha value is -2.41. The van der Waals surface area contributed by atoms with E-state index in [0.29, 0.717) is 4.88 Å². The lowest BCUT2D eigenvalue weighted by atomic mass is 10.2. The van der Waals surface area contributed by atoms with Gasteiger partial charge in [0.2, 0.25) is 0 Å². The zero-order valence-electron chi connectivity index (χ0n) is 13.9. The first-order valence-corrected chi connectivity index (χ1v) is 8.13. The third-order valence-corrected chi connectivity index (χ3v) is 3.83. The molecule has 5 nitrogen and oxygen atoms in total. The maximum atomic E-state index is 13.5. The summed E-state index contributed by atoms with van der Waals surface area (Å²) >= 11 is 1.33. The first-order chi connectivity index (χ1) is 11.1. The second kappa shape index (κ2) is 7.00. The van der Waals surface area contributed by atoms with Gasteiger partial charge in [-0.2, -0.15) is 0 Å². The Kier molecular flexibility index (Phi) is 5.23. The summed E-state index contributed by atoms with van der Waals surface area (Å²) < 4.78 is 18.7. The van der Waals surface area contributed by atoms with E-state index in [4.69, 9.17) is 4.74 Å². The van der Waals surface area contributed by atoms with Crippen molar-refractivity contribution >= 4 is 34.7 Å². The molecule has 128 valence electrons. The van der Waals surface area contributed by atoms with E-state index in [1.165, 1.54) is 23.5 Å². The largest absolute Gasteiger partial charge is 0.444 e. The van der Waals surface area contributed by atoms with Gasteiger partial charge in [0.15, 0.2) is 0 Å². The van der Waals surface area contributed by atoms with Crippen LogP contribution in [-0.4, -0.2) is 17.6 Å². The lowest BCUT2D eigenvalue weighted by Crippen LogP contribution is -2.27. The summed E-state index contributed by atoms with van der Waals surface area (Å²) in [6, 6.07) is 7.22. The van der Waals surface area contributed by atoms with Crippen LogP contribution in [0.25, 0.3) is 0 Å². The second-order valence-electron chi connectivity index (χ2n) is 6.18. The molecule has 0 aliphatic heterocycles. The standard InChI is InChI=1S/C17H19FN2O3S/c1-10-5-8-14(24-10)15(21)19-13-9-11(18)6-7-12(13)20-16(22)23-17(2,3)4/h5-9H,1-4H3,(H,19,21)(H,20,22). The Morgan fingerprint density at radius 2 is 1.79 bits per heavy atom. The number of anilines is 2. The molecule has 0 fully saturated rings. The molecule has 0 aliphatic carbocycles. The number of hydrogen-bond acceptors (Lipinski definition) is 4. The highest BCUT2D eigenvalue weighted by molar-refractivity contribution is 7.14. The Balaban J connectivity index is 2.18. The second-order valence-corrected chi connectivity index (χ2v) is 7.47. The summed E-state index contributed by atoms with van der Waals surface area (Å²) in [5.74, 6) is -0.895. The van der Waals surface area contributed by atoms with Crippen molar-refractivity contribution in [3.63, 3.8) is 0 Å². The van der Waals surface area contributed by atoms with Crippen LogP contribution in [0.15, 0.2) is 30.3 Å². The highest BCUT2D eigenvalue weighted by atomic mass is 32.1. The molecule has 2 amide bonds. The average molecular weight is 350 g/mol. The van der Waals surface area contributed by atoms with Crippen LogP contribution in [0.5, 0.6) is 0 Å². The van der Waals surface area contributed by atoms with Crippen molar-refractivity contribution in [2.45, 2.75) is 33.3 Å². The van der Waals surface area contributed by atoms with E-state index in [-0.39, 0.29) is 17.3 Å². The zero-order chi connectivity index (χ0) is 17.9. The van der Waals surface area contributed by atoms with Gasteiger partial charge in [0.1, 0.15) is 11.4 Å². The SMILES string of the molecule is Cc1ccc(C(=O)Nc2cc(F)ccc2NC(=O)OC(C)(C)C)s1. The molecule has 1 aromatic heterocycles. The molecule has 0 atom stereocenters. The van der Waals surface area contributed by atoms with Gasteiger partial charge in [-0.3, -0.25) is 10.1 Å². The predicted molar refractivity (Wildman–Crippen MR) is 93.3 cm³/mol. The lowest BCUT2D eigenvalue weighted by molar-refractivity contribution is 0.0635. The molecule has 1 aromatic carbocycles. The summed E-state index contributed by atoms with van der Waals surface area (Å²) in [5, 5.41) is 5.13. The van der Waals surface area contributed by atoms with Crippen molar-refractivity contribution in [1.82, 2.24) is 0 Å². The Labute approximate surface area is 143 Å². The molecule has 0 bridgehead atoms. The van der Waals surface area contributed by atoms with E-state index in [9.17, 15) is 14.0 Å². The maximum Gasteiger partial charge on any atom is 0.412 e. The number of amides is 2. The highest BCUT2D eigenvalue weighted by Gasteiger charge is 2.18. The number of ether oxygens (including phenoxy) is 1. The van der Waals surface area contributed by atoms with Crippen molar-refractivity contribution in [3.05, 3.63) is 45.9 Å². The molecule has 24 heavy (non-hydrogen) atoms. The van der Waals surface area contributed by atoms with Gasteiger partial charge < -0.3 is 10.1 Å². The predicted octanol–water partition coefficient (Wildman–Crippen LogP) is 4.79. The molecule has 0 saturated heterocycles. The van der Waals surface area contributed by atoms with Gasteiger partial charge in [-0.25, -0.2) is 9.18 Å². The molecule has 2 N–H and O–H groups in total. The number of benzene rings is 1. The minimum absolute atomic E-state index is 0.164. The van der Waals surface area contributed by atoms with Crippen molar-refractivity contribution in [2.75, 3.05) is 10.6 Å². The molecule has 7 heteroatoms. The maximum absolute atomic E-state index is 13.5. The topological polar surface area (TPSA) is 67.4 Å². The molecule has 2 aromatic rings. The molecule has 2 rings (SSSR count). The first-order valence-electron chi connectivity index (χ1n) is 7.31. The van der Waals surface area contributed by atoms with Gasteiger partial charge in [0.25, 0.3) is 5.91 Å². The Morgan fingerprint density at radius 3 is 2.38 bits per heavy atom. The summed E-state index contributed by atoms with van der Waals surface area (Å²) in [5.41, 5.74) is -0.244. The smallest absolute Gasteiger partial charge is 0.412 e. The van der Waals surface area contributed by atoms with Crippen LogP contribution in [0.3, 0.4) is 0 Å². The van der Waals surface area contributed by atoms with Crippen molar-refractivity contribution in [2.24, 2.45) is 0 Å². The van der Waals surface area contributed by atoms with Crippen molar-refractivity contribution in [1.29, 1.82) is 0 Å². The van der Waals surface area contributed by atoms with E-state index >= 15 is 0 Å². The number of nitrogens with one attached hydrogen (secondary N) is 2. The van der Waals surface area contributed by atoms with Gasteiger partial charge in [0.05, 0.1) is 16.3 Å². The van der Waals surface area contributed by atoms with Crippen LogP contribution >= 0.6 is 11.3 Å². The third kappa shape index (κ3) is 5.06. The fourth-order valence-corrected chi connectivity index (χ4v) is 2.65. The number of thiophene rings is 1. The van der Waals surface area contributed by atoms with E-state index in [1.807, 2.05) is 13.0 Å². The van der Waals surface area contributed by atoms with Crippen LogP contribution in [0.1, 0.15) is 35.3 Å². The van der Waals surface area contributed by atoms with Crippen LogP contribution in [0.4, 0.5) is 20.6 Å². The highest BCUT2D eigenvalue weighted by Crippen LogP contribution is 2.25. The number of rotatable bonds is 3. The van der Waals surface area contributed by atoms with Gasteiger partial charge >= 0.3 is 6.09 Å². The molecule has 0 unspecified atom stereocenters. The summed E-state index contributed by atoms with van der Waals surface area (Å²) in [6.07, 6.45) is -0.684. The molecule has 0 aliphatic rings. The van der Waals surface area contributed by atoms with Crippen LogP contribution in [-0.2, 0) is 4.74 Å². The van der Waals surface area contributed by atoms with Gasteiger partial charge in [-0.05, 0) is 58.0 Å². The Bertz CT molecular complexity index is 765. The molecular weight excluding hydrogens is 331 g/mol. The van der Waals surface area contributed by atoms with E-state index in [2.05, 4.69) is 10.6 Å². The van der Waals surface area contributed by atoms with Gasteiger partial charge in [0, 0.05) is 4.88 Å². The normalized spacial score (nSPS) is 11.0. The molecule has 0 saturated carbocycles. The van der Waals surface area contributed by atoms with Crippen LogP contribution in [0, 0.1) is 12.7 Å². The van der Waals surface area contributed by atoms with E-state index in [0.717, 1.165) is 10.9 Å². The monoisotopic (exact) mass is 350 g/mol. The van der Waals surface area contributed by atoms with E-state index < -0.39 is 17.5 Å². The third-order valence-electron chi connectivity index (χ3n) is 2.83. The summed E-state index contributed by atoms with van der Waals surface area (Å²) in [6.45, 7) is 7.09. The molecule has 0 spiro atoms. The zero-order valence-corrected chi connectivity index (χ0v) is 14.7. The quantitative estimate of drug-likeness (QED) is 0.836. The first kappa shape index (κ1) is 17.9. The van der Waals surface area contributed by atoms with Crippen LogP contribution in [0.2, 0.25) is 0 Å². The van der Waals surface area contributed by atoms with E-state index in [1.54, 1.807) is 26.8 Å². The lowest BCUT2D eigenvalue weighted by Gasteiger charge is -2.20. The van der Waals surface area contributed by atoms with Gasteiger partial charge in [-0.15, -0.1) is 11.3 Å². The fraction of sp³-hybridized carbons (Fsp3) is 0.294. The minimum atomic E-state index is -0.684. The van der Waals surface area contributed by atoms with Gasteiger partial charge in [-0.1, -0.05) is 0 Å². The number of hydrogen-bond donors (Lipinski definition) is 2. The Morgan fingerprint density at radius 1 is 1.08 bits per heavy atom. The average Bonchev–Trinajstić information content (AvgIpc) is 2.86. The van der Waals surface area contributed by atoms with Crippen LogP contribution < -0.4 is 10.6 Å². The minimum Gasteiger partial charge on any atom is -0.444 e. The molecule has 1 heterocycles. The van der Waals surface area contributed by atoms with Crippen molar-refractivity contribution < 1.29 is 18.7 Å². The number of halogens is 1. The number of carbonyl (C=O) groups is 2. The fourth-order valence-electron chi connectivity index (χ4n) is 1.88. The summed E-state index contributed by atoms with van der Waals surface area (Å²) in [7, 11) is 0. The summed E-state index contributed by atoms with van der Waals surface area (Å²) in [4.78, 5) is 25.6. The number of carbonyl (C=O) groups excluding carboxylic acids is 2. The number of aryl methyl sites for hydroxylation is 1. The molecule has 0 radical (unpaired) electrons.